The van der Waals surface area contributed by atoms with Gasteiger partial charge in [-0.15, -0.1) is 0 Å². The SMILES string of the molecule is C=Cc1cccc(C(C(=O)Nc2c(C)cccc2Cl)N(CC)C(=O)C(Cc2ccc(O)cc2)NC(=O)OC(C)(C)C)c1. The molecular formula is C33H38ClN3O5. The largest absolute Gasteiger partial charge is 0.508 e. The van der Waals surface area contributed by atoms with Crippen molar-refractivity contribution in [3.8, 4) is 5.75 Å². The summed E-state index contributed by atoms with van der Waals surface area (Å²) in [6.07, 6.45) is 0.989. The molecule has 0 heterocycles. The predicted octanol–water partition coefficient (Wildman–Crippen LogP) is 6.66. The van der Waals surface area contributed by atoms with Crippen molar-refractivity contribution in [3.63, 3.8) is 0 Å². The molecule has 0 aliphatic heterocycles. The third-order valence-corrected chi connectivity index (χ3v) is 6.80. The van der Waals surface area contributed by atoms with Gasteiger partial charge in [0.25, 0.3) is 5.91 Å². The van der Waals surface area contributed by atoms with E-state index in [9.17, 15) is 19.5 Å². The number of rotatable bonds is 10. The minimum Gasteiger partial charge on any atom is -0.508 e. The highest BCUT2D eigenvalue weighted by atomic mass is 35.5. The van der Waals surface area contributed by atoms with Gasteiger partial charge in [0.05, 0.1) is 10.7 Å². The highest BCUT2D eigenvalue weighted by Crippen LogP contribution is 2.30. The molecular weight excluding hydrogens is 554 g/mol. The molecule has 2 unspecified atom stereocenters. The molecule has 9 heteroatoms. The van der Waals surface area contributed by atoms with Crippen LogP contribution in [0.15, 0.2) is 73.3 Å². The number of hydrogen-bond acceptors (Lipinski definition) is 5. The van der Waals surface area contributed by atoms with Gasteiger partial charge in [-0.1, -0.05) is 66.7 Å². The second-order valence-corrected chi connectivity index (χ2v) is 11.3. The molecule has 0 saturated heterocycles. The average molecular weight is 592 g/mol. The van der Waals surface area contributed by atoms with Crippen molar-refractivity contribution in [2.75, 3.05) is 11.9 Å². The van der Waals surface area contributed by atoms with Crippen LogP contribution < -0.4 is 10.6 Å². The summed E-state index contributed by atoms with van der Waals surface area (Å²) in [6, 6.07) is 16.7. The number of phenols is 1. The molecule has 3 rings (SSSR count). The second-order valence-electron chi connectivity index (χ2n) is 10.9. The molecule has 0 fully saturated rings. The quantitative estimate of drug-likeness (QED) is 0.244. The van der Waals surface area contributed by atoms with Gasteiger partial charge in [-0.2, -0.15) is 0 Å². The van der Waals surface area contributed by atoms with Crippen LogP contribution in [0.3, 0.4) is 0 Å². The molecule has 42 heavy (non-hydrogen) atoms. The highest BCUT2D eigenvalue weighted by Gasteiger charge is 2.36. The van der Waals surface area contributed by atoms with Crippen molar-refractivity contribution < 1.29 is 24.2 Å². The van der Waals surface area contributed by atoms with E-state index in [1.165, 1.54) is 17.0 Å². The van der Waals surface area contributed by atoms with Crippen LogP contribution in [-0.4, -0.2) is 46.1 Å². The number of benzene rings is 3. The number of nitrogens with zero attached hydrogens (tertiary/aromatic N) is 1. The van der Waals surface area contributed by atoms with Gasteiger partial charge in [0.15, 0.2) is 0 Å². The number of para-hydroxylation sites is 1. The van der Waals surface area contributed by atoms with Crippen LogP contribution in [0.2, 0.25) is 5.02 Å². The molecule has 0 aromatic heterocycles. The van der Waals surface area contributed by atoms with Crippen LogP contribution in [0, 0.1) is 6.92 Å². The Morgan fingerprint density at radius 2 is 1.74 bits per heavy atom. The van der Waals surface area contributed by atoms with E-state index in [1.807, 2.05) is 19.1 Å². The van der Waals surface area contributed by atoms with E-state index in [4.69, 9.17) is 16.3 Å². The minimum atomic E-state index is -1.08. The smallest absolute Gasteiger partial charge is 0.408 e. The lowest BCUT2D eigenvalue weighted by Gasteiger charge is -2.34. The fourth-order valence-electron chi connectivity index (χ4n) is 4.49. The van der Waals surface area contributed by atoms with Crippen LogP contribution in [0.25, 0.3) is 6.08 Å². The van der Waals surface area contributed by atoms with Crippen LogP contribution in [-0.2, 0) is 20.7 Å². The van der Waals surface area contributed by atoms with Gasteiger partial charge in [-0.25, -0.2) is 4.79 Å². The summed E-state index contributed by atoms with van der Waals surface area (Å²) in [5.41, 5.74) is 2.45. The Labute approximate surface area is 252 Å². The van der Waals surface area contributed by atoms with Crippen molar-refractivity contribution in [3.05, 3.63) is 101 Å². The van der Waals surface area contributed by atoms with Gasteiger partial charge in [0.1, 0.15) is 23.4 Å². The van der Waals surface area contributed by atoms with Gasteiger partial charge < -0.3 is 25.4 Å². The fraction of sp³-hybridized carbons (Fsp3) is 0.303. The van der Waals surface area contributed by atoms with Crippen molar-refractivity contribution in [2.24, 2.45) is 0 Å². The molecule has 0 spiro atoms. The molecule has 0 saturated carbocycles. The molecule has 3 amide bonds. The molecule has 0 aliphatic carbocycles. The van der Waals surface area contributed by atoms with E-state index in [1.54, 1.807) is 76.2 Å². The number of carbonyl (C=O) groups is 3. The Morgan fingerprint density at radius 3 is 2.33 bits per heavy atom. The van der Waals surface area contributed by atoms with Crippen molar-refractivity contribution in [1.82, 2.24) is 10.2 Å². The van der Waals surface area contributed by atoms with E-state index < -0.39 is 35.6 Å². The summed E-state index contributed by atoms with van der Waals surface area (Å²) in [4.78, 5) is 42.6. The number of likely N-dealkylation sites (N-methyl/N-ethyl adjacent to an activating group) is 1. The number of hydrogen-bond donors (Lipinski definition) is 3. The Kier molecular flexibility index (Phi) is 10.8. The Morgan fingerprint density at radius 1 is 1.07 bits per heavy atom. The number of amides is 3. The summed E-state index contributed by atoms with van der Waals surface area (Å²) in [5, 5.41) is 15.7. The van der Waals surface area contributed by atoms with E-state index >= 15 is 0 Å². The number of aromatic hydroxyl groups is 1. The van der Waals surface area contributed by atoms with Gasteiger partial charge in [0, 0.05) is 13.0 Å². The number of aryl methyl sites for hydroxylation is 1. The average Bonchev–Trinajstić information content (AvgIpc) is 2.93. The maximum Gasteiger partial charge on any atom is 0.408 e. The highest BCUT2D eigenvalue weighted by molar-refractivity contribution is 6.34. The Balaban J connectivity index is 2.06. The molecule has 3 aromatic rings. The molecule has 3 N–H and O–H groups in total. The first-order valence-corrected chi connectivity index (χ1v) is 14.1. The number of alkyl carbamates (subject to hydrolysis) is 1. The van der Waals surface area contributed by atoms with E-state index in [-0.39, 0.29) is 18.7 Å². The van der Waals surface area contributed by atoms with Crippen molar-refractivity contribution in [2.45, 2.75) is 58.7 Å². The lowest BCUT2D eigenvalue weighted by Crippen LogP contribution is -2.53. The van der Waals surface area contributed by atoms with E-state index in [2.05, 4.69) is 17.2 Å². The van der Waals surface area contributed by atoms with Crippen LogP contribution in [0.1, 0.15) is 56.0 Å². The zero-order valence-electron chi connectivity index (χ0n) is 24.6. The normalized spacial score (nSPS) is 12.5. The standard InChI is InChI=1S/C33H38ClN3O5/c1-7-22-12-10-13-24(19-22)29(30(39)36-28-21(3)11-9-14-26(28)34)37(8-2)31(40)27(35-32(41)42-33(4,5)6)20-23-15-17-25(38)18-16-23/h7,9-19,27,29,38H,1,8,20H2,2-6H3,(H,35,41)(H,36,39). The van der Waals surface area contributed by atoms with Gasteiger partial charge in [-0.3, -0.25) is 9.59 Å². The third kappa shape index (κ3) is 8.60. The lowest BCUT2D eigenvalue weighted by atomic mass is 9.98. The number of nitrogens with one attached hydrogen (secondary N) is 2. The molecule has 8 nitrogen and oxygen atoms in total. The first-order valence-electron chi connectivity index (χ1n) is 13.7. The maximum atomic E-state index is 14.3. The molecule has 0 aliphatic rings. The van der Waals surface area contributed by atoms with E-state index in [0.717, 1.165) is 11.1 Å². The summed E-state index contributed by atoms with van der Waals surface area (Å²) in [7, 11) is 0. The second kappa shape index (κ2) is 14.0. The molecule has 0 radical (unpaired) electrons. The molecule has 222 valence electrons. The fourth-order valence-corrected chi connectivity index (χ4v) is 4.76. The monoisotopic (exact) mass is 591 g/mol. The number of anilines is 1. The van der Waals surface area contributed by atoms with Gasteiger partial charge >= 0.3 is 6.09 Å². The van der Waals surface area contributed by atoms with E-state index in [0.29, 0.717) is 21.8 Å². The van der Waals surface area contributed by atoms with Gasteiger partial charge in [-0.05, 0) is 81.1 Å². The minimum absolute atomic E-state index is 0.0746. The van der Waals surface area contributed by atoms with Crippen molar-refractivity contribution >= 4 is 41.3 Å². The van der Waals surface area contributed by atoms with Crippen LogP contribution >= 0.6 is 11.6 Å². The number of ether oxygens (including phenoxy) is 1. The Hall–Kier alpha value is -4.30. The zero-order chi connectivity index (χ0) is 31.0. The predicted molar refractivity (Wildman–Crippen MR) is 166 cm³/mol. The first kappa shape index (κ1) is 32.2. The number of halogens is 1. The third-order valence-electron chi connectivity index (χ3n) is 6.48. The summed E-state index contributed by atoms with van der Waals surface area (Å²) in [6.45, 7) is 12.8. The first-order chi connectivity index (χ1) is 19.8. The van der Waals surface area contributed by atoms with Crippen LogP contribution in [0.4, 0.5) is 10.5 Å². The zero-order valence-corrected chi connectivity index (χ0v) is 25.4. The van der Waals surface area contributed by atoms with Gasteiger partial charge in [0.2, 0.25) is 5.91 Å². The molecule has 0 bridgehead atoms. The topological polar surface area (TPSA) is 108 Å². The summed E-state index contributed by atoms with van der Waals surface area (Å²) in [5.74, 6) is -0.884. The summed E-state index contributed by atoms with van der Waals surface area (Å²) < 4.78 is 5.45. The maximum absolute atomic E-state index is 14.3. The molecule has 3 aromatic carbocycles. The van der Waals surface area contributed by atoms with Crippen molar-refractivity contribution in [1.29, 1.82) is 0 Å². The number of carbonyl (C=O) groups excluding carboxylic acids is 3. The lowest BCUT2D eigenvalue weighted by molar-refractivity contribution is -0.140. The summed E-state index contributed by atoms with van der Waals surface area (Å²) >= 11 is 6.42. The molecule has 2 atom stereocenters. The van der Waals surface area contributed by atoms with Crippen LogP contribution in [0.5, 0.6) is 5.75 Å². The Bertz CT molecular complexity index is 1410. The number of phenolic OH excluding ortho intramolecular Hbond substituents is 1.